The number of carboxylic acids is 1. The first-order valence-electron chi connectivity index (χ1n) is 15.1. The number of rotatable bonds is 11. The Bertz CT molecular complexity index is 1250. The molecule has 0 bridgehead atoms. The first-order valence-corrected chi connectivity index (χ1v) is 16.9. The molecule has 1 aromatic carbocycles. The zero-order valence-corrected chi connectivity index (χ0v) is 25.5. The number of hydrogen-bond acceptors (Lipinski definition) is 6. The highest BCUT2D eigenvalue weighted by Crippen LogP contribution is 2.39. The Morgan fingerprint density at radius 2 is 1.69 bits per heavy atom. The molecule has 1 aliphatic carbocycles. The van der Waals surface area contributed by atoms with E-state index in [0.29, 0.717) is 12.8 Å². The van der Waals surface area contributed by atoms with Crippen LogP contribution in [0.15, 0.2) is 30.3 Å². The van der Waals surface area contributed by atoms with E-state index in [2.05, 4.69) is 10.6 Å². The first kappa shape index (κ1) is 31.9. The molecule has 1 aromatic rings. The third kappa shape index (κ3) is 7.14. The van der Waals surface area contributed by atoms with Crippen molar-refractivity contribution in [3.05, 3.63) is 35.9 Å². The Balaban J connectivity index is 1.61. The van der Waals surface area contributed by atoms with Crippen LogP contribution in [-0.2, 0) is 35.6 Å². The van der Waals surface area contributed by atoms with Crippen molar-refractivity contribution in [2.45, 2.75) is 89.4 Å². The molecule has 1 saturated carbocycles. The van der Waals surface area contributed by atoms with Gasteiger partial charge < -0.3 is 20.6 Å². The van der Waals surface area contributed by atoms with Gasteiger partial charge >= 0.3 is 5.97 Å². The zero-order valence-electron chi connectivity index (χ0n) is 24.7. The standard InChI is InChI=1S/C30H44N4O7S/c1-4-19(2)27(35)32-25(21-13-9-6-10-14-21)29(37)33-16-15-24-26(33)22(18-34(24)42(3,40)41)28(36)31-23(30(38)39)17-20-11-7-5-8-12-20/h5,7-8,11-12,19,21-26H,4,6,9-10,13-18H2,1-3H3,(H,31,36)(H,32,35)(H,38,39)/t19-,22+,23+,24-,25+,26-/m1/s1. The van der Waals surface area contributed by atoms with E-state index in [1.54, 1.807) is 29.2 Å². The van der Waals surface area contributed by atoms with Crippen molar-refractivity contribution in [2.24, 2.45) is 17.8 Å². The zero-order chi connectivity index (χ0) is 30.6. The van der Waals surface area contributed by atoms with Gasteiger partial charge in [0, 0.05) is 31.5 Å². The first-order chi connectivity index (χ1) is 19.9. The fraction of sp³-hybridized carbons (Fsp3) is 0.667. The maximum atomic E-state index is 14.2. The minimum Gasteiger partial charge on any atom is -0.480 e. The third-order valence-corrected chi connectivity index (χ3v) is 10.5. The summed E-state index contributed by atoms with van der Waals surface area (Å²) in [6.07, 6.45) is 6.74. The van der Waals surface area contributed by atoms with Gasteiger partial charge in [-0.3, -0.25) is 14.4 Å². The number of fused-ring (bicyclic) bond motifs is 1. The van der Waals surface area contributed by atoms with Gasteiger partial charge in [-0.1, -0.05) is 63.4 Å². The lowest BCUT2D eigenvalue weighted by molar-refractivity contribution is -0.144. The lowest BCUT2D eigenvalue weighted by atomic mass is 9.82. The SMILES string of the molecule is CC[C@@H](C)C(=O)N[C@H](C(=O)N1CC[C@@H]2[C@H]1[C@@H](C(=O)N[C@@H](Cc1ccccc1)C(=O)O)CN2S(C)(=O)=O)C1CCCCC1. The number of sulfonamides is 1. The van der Waals surface area contributed by atoms with Gasteiger partial charge in [0.15, 0.2) is 0 Å². The number of likely N-dealkylation sites (tertiary alicyclic amines) is 1. The molecule has 42 heavy (non-hydrogen) atoms. The van der Waals surface area contributed by atoms with Gasteiger partial charge in [-0.15, -0.1) is 0 Å². The molecule has 0 unspecified atom stereocenters. The molecule has 4 rings (SSSR count). The van der Waals surface area contributed by atoms with Gasteiger partial charge in [0.2, 0.25) is 27.7 Å². The van der Waals surface area contributed by atoms with Crippen LogP contribution in [0.3, 0.4) is 0 Å². The van der Waals surface area contributed by atoms with Crippen molar-refractivity contribution in [1.82, 2.24) is 19.8 Å². The average molecular weight is 605 g/mol. The second-order valence-electron chi connectivity index (χ2n) is 12.1. The number of carboxylic acid groups (broad SMARTS) is 1. The summed E-state index contributed by atoms with van der Waals surface area (Å²) in [6, 6.07) is 5.59. The van der Waals surface area contributed by atoms with E-state index in [9.17, 15) is 32.7 Å². The Morgan fingerprint density at radius 3 is 2.29 bits per heavy atom. The lowest BCUT2D eigenvalue weighted by Gasteiger charge is -2.36. The molecule has 2 saturated heterocycles. The maximum Gasteiger partial charge on any atom is 0.326 e. The number of carbonyl (C=O) groups is 4. The van der Waals surface area contributed by atoms with Crippen molar-refractivity contribution in [3.8, 4) is 0 Å². The van der Waals surface area contributed by atoms with Crippen LogP contribution >= 0.6 is 0 Å². The third-order valence-electron chi connectivity index (χ3n) is 9.27. The Hall–Kier alpha value is -2.99. The van der Waals surface area contributed by atoms with Crippen molar-refractivity contribution >= 4 is 33.7 Å². The second kappa shape index (κ2) is 13.5. The number of amides is 3. The van der Waals surface area contributed by atoms with Gasteiger partial charge in [0.25, 0.3) is 0 Å². The second-order valence-corrected chi connectivity index (χ2v) is 14.0. The molecule has 11 nitrogen and oxygen atoms in total. The number of hydrogen-bond donors (Lipinski definition) is 3. The van der Waals surface area contributed by atoms with Gasteiger partial charge in [0.1, 0.15) is 12.1 Å². The fourth-order valence-corrected chi connectivity index (χ4v) is 7.90. The smallest absolute Gasteiger partial charge is 0.326 e. The van der Waals surface area contributed by atoms with Crippen LogP contribution in [0.5, 0.6) is 0 Å². The summed E-state index contributed by atoms with van der Waals surface area (Å²) in [7, 11) is -3.71. The minimum atomic E-state index is -3.71. The normalized spacial score (nSPS) is 25.3. The van der Waals surface area contributed by atoms with Gasteiger partial charge in [-0.25, -0.2) is 13.2 Å². The lowest BCUT2D eigenvalue weighted by Crippen LogP contribution is -2.57. The molecule has 0 spiro atoms. The molecule has 12 heteroatoms. The highest BCUT2D eigenvalue weighted by molar-refractivity contribution is 7.88. The van der Waals surface area contributed by atoms with Crippen LogP contribution < -0.4 is 10.6 Å². The van der Waals surface area contributed by atoms with Gasteiger partial charge in [-0.2, -0.15) is 4.31 Å². The summed E-state index contributed by atoms with van der Waals surface area (Å²) in [5.74, 6) is -3.55. The quantitative estimate of drug-likeness (QED) is 0.348. The Morgan fingerprint density at radius 1 is 1.02 bits per heavy atom. The van der Waals surface area contributed by atoms with E-state index in [4.69, 9.17) is 0 Å². The Kier molecular flexibility index (Phi) is 10.3. The number of nitrogens with zero attached hydrogens (tertiary/aromatic N) is 2. The van der Waals surface area contributed by atoms with Crippen LogP contribution in [0, 0.1) is 17.8 Å². The van der Waals surface area contributed by atoms with E-state index in [0.717, 1.165) is 43.9 Å². The number of aliphatic carboxylic acids is 1. The molecule has 232 valence electrons. The van der Waals surface area contributed by atoms with Crippen LogP contribution in [0.2, 0.25) is 0 Å². The molecule has 3 amide bonds. The summed E-state index contributed by atoms with van der Waals surface area (Å²) >= 11 is 0. The van der Waals surface area contributed by atoms with Crippen molar-refractivity contribution < 1.29 is 32.7 Å². The van der Waals surface area contributed by atoms with E-state index in [1.807, 2.05) is 19.9 Å². The molecule has 0 aromatic heterocycles. The largest absolute Gasteiger partial charge is 0.480 e. The molecule has 3 N–H and O–H groups in total. The van der Waals surface area contributed by atoms with Gasteiger partial charge in [-0.05, 0) is 37.2 Å². The van der Waals surface area contributed by atoms with E-state index >= 15 is 0 Å². The van der Waals surface area contributed by atoms with Crippen LogP contribution in [0.1, 0.15) is 64.4 Å². The molecule has 0 radical (unpaired) electrons. The summed E-state index contributed by atoms with van der Waals surface area (Å²) in [6.45, 7) is 3.84. The maximum absolute atomic E-state index is 14.2. The number of nitrogens with one attached hydrogen (secondary N) is 2. The highest BCUT2D eigenvalue weighted by atomic mass is 32.2. The minimum absolute atomic E-state index is 0.0414. The molecule has 2 aliphatic heterocycles. The van der Waals surface area contributed by atoms with Crippen molar-refractivity contribution in [2.75, 3.05) is 19.3 Å². The fourth-order valence-electron chi connectivity index (χ4n) is 6.75. The number of carbonyl (C=O) groups excluding carboxylic acids is 3. The summed E-state index contributed by atoms with van der Waals surface area (Å²) in [5, 5.41) is 15.5. The molecule has 3 fully saturated rings. The number of benzene rings is 1. The predicted octanol–water partition coefficient (Wildman–Crippen LogP) is 1.77. The van der Waals surface area contributed by atoms with Crippen LogP contribution in [0.25, 0.3) is 0 Å². The van der Waals surface area contributed by atoms with Crippen LogP contribution in [-0.4, -0.2) is 89.9 Å². The molecule has 2 heterocycles. The summed E-state index contributed by atoms with van der Waals surface area (Å²) in [5.41, 5.74) is 0.734. The monoisotopic (exact) mass is 604 g/mol. The molecular formula is C30H44N4O7S. The van der Waals surface area contributed by atoms with E-state index in [1.165, 1.54) is 4.31 Å². The summed E-state index contributed by atoms with van der Waals surface area (Å²) in [4.78, 5) is 54.6. The summed E-state index contributed by atoms with van der Waals surface area (Å²) < 4.78 is 26.8. The highest BCUT2D eigenvalue weighted by Gasteiger charge is 2.56. The molecular weight excluding hydrogens is 560 g/mol. The average Bonchev–Trinajstić information content (AvgIpc) is 3.56. The van der Waals surface area contributed by atoms with E-state index in [-0.39, 0.29) is 43.2 Å². The van der Waals surface area contributed by atoms with Crippen LogP contribution in [0.4, 0.5) is 0 Å². The van der Waals surface area contributed by atoms with Crippen molar-refractivity contribution in [1.29, 1.82) is 0 Å². The van der Waals surface area contributed by atoms with Gasteiger partial charge in [0.05, 0.1) is 18.2 Å². The Labute approximate surface area is 248 Å². The van der Waals surface area contributed by atoms with E-state index < -0.39 is 52.0 Å². The molecule has 3 aliphatic rings. The predicted molar refractivity (Wildman–Crippen MR) is 157 cm³/mol. The topological polar surface area (TPSA) is 153 Å². The molecule has 6 atom stereocenters. The van der Waals surface area contributed by atoms with Crippen molar-refractivity contribution in [3.63, 3.8) is 0 Å².